The van der Waals surface area contributed by atoms with Crippen LogP contribution < -0.4 is 4.74 Å². The molecule has 4 heteroatoms. The fraction of sp³-hybridized carbons (Fsp3) is 0.562. The van der Waals surface area contributed by atoms with Gasteiger partial charge in [0, 0.05) is 38.2 Å². The zero-order valence-electron chi connectivity index (χ0n) is 12.2. The van der Waals surface area contributed by atoms with Crippen LogP contribution in [-0.4, -0.2) is 37.8 Å². The SMILES string of the molecule is CCOc1ccc(C(=O)C2(OCC)CCOCC2)cc1. The van der Waals surface area contributed by atoms with E-state index < -0.39 is 5.60 Å². The molecule has 1 aromatic rings. The molecule has 4 nitrogen and oxygen atoms in total. The monoisotopic (exact) mass is 278 g/mol. The van der Waals surface area contributed by atoms with Gasteiger partial charge in [0.2, 0.25) is 0 Å². The quantitative estimate of drug-likeness (QED) is 0.751. The number of hydrogen-bond acceptors (Lipinski definition) is 4. The molecule has 1 heterocycles. The van der Waals surface area contributed by atoms with Crippen LogP contribution in [-0.2, 0) is 9.47 Å². The van der Waals surface area contributed by atoms with Gasteiger partial charge in [-0.3, -0.25) is 4.79 Å². The highest BCUT2D eigenvalue weighted by molar-refractivity contribution is 6.02. The summed E-state index contributed by atoms with van der Waals surface area (Å²) in [6.07, 6.45) is 1.24. The molecular weight excluding hydrogens is 256 g/mol. The minimum absolute atomic E-state index is 0.0469. The molecule has 20 heavy (non-hydrogen) atoms. The number of rotatable bonds is 6. The second-order valence-electron chi connectivity index (χ2n) is 4.83. The summed E-state index contributed by atoms with van der Waals surface area (Å²) < 4.78 is 16.6. The van der Waals surface area contributed by atoms with Crippen molar-refractivity contribution in [1.82, 2.24) is 0 Å². The second-order valence-corrected chi connectivity index (χ2v) is 4.83. The lowest BCUT2D eigenvalue weighted by Gasteiger charge is -2.35. The number of carbonyl (C=O) groups excluding carboxylic acids is 1. The van der Waals surface area contributed by atoms with Gasteiger partial charge < -0.3 is 14.2 Å². The van der Waals surface area contributed by atoms with Crippen LogP contribution in [0.5, 0.6) is 5.75 Å². The highest BCUT2D eigenvalue weighted by Crippen LogP contribution is 2.30. The molecule has 1 fully saturated rings. The number of benzene rings is 1. The molecule has 2 rings (SSSR count). The first-order valence-electron chi connectivity index (χ1n) is 7.21. The highest BCUT2D eigenvalue weighted by Gasteiger charge is 2.41. The molecule has 1 aliphatic heterocycles. The third kappa shape index (κ3) is 3.19. The molecule has 0 bridgehead atoms. The molecule has 0 spiro atoms. The average Bonchev–Trinajstić information content (AvgIpc) is 2.49. The van der Waals surface area contributed by atoms with E-state index in [1.807, 2.05) is 38.1 Å². The topological polar surface area (TPSA) is 44.8 Å². The van der Waals surface area contributed by atoms with Crippen molar-refractivity contribution in [2.24, 2.45) is 0 Å². The lowest BCUT2D eigenvalue weighted by atomic mass is 9.85. The number of hydrogen-bond donors (Lipinski definition) is 0. The van der Waals surface area contributed by atoms with E-state index in [4.69, 9.17) is 14.2 Å². The molecule has 0 amide bonds. The van der Waals surface area contributed by atoms with Crippen molar-refractivity contribution in [2.75, 3.05) is 26.4 Å². The molecule has 1 aromatic carbocycles. The van der Waals surface area contributed by atoms with Crippen LogP contribution in [0.15, 0.2) is 24.3 Å². The lowest BCUT2D eigenvalue weighted by Crippen LogP contribution is -2.46. The maximum atomic E-state index is 12.8. The van der Waals surface area contributed by atoms with Crippen molar-refractivity contribution >= 4 is 5.78 Å². The van der Waals surface area contributed by atoms with E-state index in [1.54, 1.807) is 0 Å². The van der Waals surface area contributed by atoms with Crippen molar-refractivity contribution < 1.29 is 19.0 Å². The van der Waals surface area contributed by atoms with Crippen LogP contribution in [0.3, 0.4) is 0 Å². The molecule has 0 aromatic heterocycles. The van der Waals surface area contributed by atoms with Gasteiger partial charge in [-0.2, -0.15) is 0 Å². The van der Waals surface area contributed by atoms with Crippen LogP contribution in [0.2, 0.25) is 0 Å². The van der Waals surface area contributed by atoms with Gasteiger partial charge in [-0.05, 0) is 38.1 Å². The van der Waals surface area contributed by atoms with E-state index in [1.165, 1.54) is 0 Å². The number of carbonyl (C=O) groups is 1. The van der Waals surface area contributed by atoms with Crippen LogP contribution >= 0.6 is 0 Å². The average molecular weight is 278 g/mol. The Morgan fingerprint density at radius 3 is 2.35 bits per heavy atom. The van der Waals surface area contributed by atoms with E-state index in [0.29, 0.717) is 44.8 Å². The Hall–Kier alpha value is -1.39. The highest BCUT2D eigenvalue weighted by atomic mass is 16.5. The summed E-state index contributed by atoms with van der Waals surface area (Å²) in [4.78, 5) is 12.8. The molecular formula is C16H22O4. The van der Waals surface area contributed by atoms with Gasteiger partial charge in [-0.15, -0.1) is 0 Å². The predicted octanol–water partition coefficient (Wildman–Crippen LogP) is 2.85. The minimum atomic E-state index is -0.722. The molecule has 1 aliphatic rings. The number of ether oxygens (including phenoxy) is 3. The van der Waals surface area contributed by atoms with Crippen molar-refractivity contribution in [3.63, 3.8) is 0 Å². The molecule has 1 saturated heterocycles. The van der Waals surface area contributed by atoms with E-state index in [9.17, 15) is 4.79 Å². The normalized spacial score (nSPS) is 17.7. The van der Waals surface area contributed by atoms with Crippen molar-refractivity contribution in [1.29, 1.82) is 0 Å². The Morgan fingerprint density at radius 2 is 1.80 bits per heavy atom. The van der Waals surface area contributed by atoms with Crippen molar-refractivity contribution in [3.8, 4) is 5.75 Å². The molecule has 0 aliphatic carbocycles. The first kappa shape index (κ1) is 15.0. The maximum absolute atomic E-state index is 12.8. The third-order valence-electron chi connectivity index (χ3n) is 3.56. The Balaban J connectivity index is 2.18. The molecule has 0 saturated carbocycles. The Kier molecular flexibility index (Phi) is 5.15. The largest absolute Gasteiger partial charge is 0.494 e. The van der Waals surface area contributed by atoms with E-state index in [-0.39, 0.29) is 5.78 Å². The minimum Gasteiger partial charge on any atom is -0.494 e. The van der Waals surface area contributed by atoms with Gasteiger partial charge in [0.25, 0.3) is 0 Å². The van der Waals surface area contributed by atoms with E-state index >= 15 is 0 Å². The maximum Gasteiger partial charge on any atom is 0.194 e. The first-order valence-corrected chi connectivity index (χ1v) is 7.21. The number of ketones is 1. The summed E-state index contributed by atoms with van der Waals surface area (Å²) in [5, 5.41) is 0. The first-order chi connectivity index (χ1) is 9.72. The summed E-state index contributed by atoms with van der Waals surface area (Å²) in [6.45, 7) is 6.15. The predicted molar refractivity (Wildman–Crippen MR) is 76.4 cm³/mol. The van der Waals surface area contributed by atoms with Gasteiger partial charge >= 0.3 is 0 Å². The fourth-order valence-electron chi connectivity index (χ4n) is 2.55. The van der Waals surface area contributed by atoms with E-state index in [0.717, 1.165) is 5.75 Å². The third-order valence-corrected chi connectivity index (χ3v) is 3.56. The number of Topliss-reactive ketones (excluding diaryl/α,β-unsaturated/α-hetero) is 1. The van der Waals surface area contributed by atoms with Crippen molar-refractivity contribution in [3.05, 3.63) is 29.8 Å². The zero-order chi connectivity index (χ0) is 14.4. The standard InChI is InChI=1S/C16H22O4/c1-3-19-14-7-5-13(6-8-14)15(17)16(20-4-2)9-11-18-12-10-16/h5-8H,3-4,9-12H2,1-2H3. The smallest absolute Gasteiger partial charge is 0.194 e. The molecule has 0 atom stereocenters. The van der Waals surface area contributed by atoms with Crippen LogP contribution in [0.4, 0.5) is 0 Å². The molecule has 110 valence electrons. The van der Waals surface area contributed by atoms with E-state index in [2.05, 4.69) is 0 Å². The Morgan fingerprint density at radius 1 is 1.15 bits per heavy atom. The van der Waals surface area contributed by atoms with Gasteiger partial charge in [-0.25, -0.2) is 0 Å². The summed E-state index contributed by atoms with van der Waals surface area (Å²) in [7, 11) is 0. The van der Waals surface area contributed by atoms with Crippen LogP contribution in [0, 0.1) is 0 Å². The van der Waals surface area contributed by atoms with Crippen molar-refractivity contribution in [2.45, 2.75) is 32.3 Å². The van der Waals surface area contributed by atoms with Gasteiger partial charge in [0.05, 0.1) is 6.61 Å². The molecule has 0 N–H and O–H groups in total. The van der Waals surface area contributed by atoms with Crippen LogP contribution in [0.1, 0.15) is 37.0 Å². The molecule has 0 unspecified atom stereocenters. The summed E-state index contributed by atoms with van der Waals surface area (Å²) >= 11 is 0. The summed E-state index contributed by atoms with van der Waals surface area (Å²) in [6, 6.07) is 7.28. The fourth-order valence-corrected chi connectivity index (χ4v) is 2.55. The van der Waals surface area contributed by atoms with Gasteiger partial charge in [-0.1, -0.05) is 0 Å². The Bertz CT molecular complexity index is 427. The van der Waals surface area contributed by atoms with Crippen LogP contribution in [0.25, 0.3) is 0 Å². The molecule has 0 radical (unpaired) electrons. The summed E-state index contributed by atoms with van der Waals surface area (Å²) in [5.41, 5.74) is -0.0519. The summed E-state index contributed by atoms with van der Waals surface area (Å²) in [5.74, 6) is 0.826. The Labute approximate surface area is 120 Å². The van der Waals surface area contributed by atoms with Gasteiger partial charge in [0.1, 0.15) is 11.4 Å². The van der Waals surface area contributed by atoms with Gasteiger partial charge in [0.15, 0.2) is 5.78 Å². The zero-order valence-corrected chi connectivity index (χ0v) is 12.2. The second kappa shape index (κ2) is 6.86. The lowest BCUT2D eigenvalue weighted by molar-refractivity contribution is -0.0822.